The van der Waals surface area contributed by atoms with Crippen molar-refractivity contribution in [3.63, 3.8) is 0 Å². The molecule has 7 nitrogen and oxygen atoms in total. The number of hydrogen-bond acceptors (Lipinski definition) is 5. The quantitative estimate of drug-likeness (QED) is 0.541. The second kappa shape index (κ2) is 9.97. The molecule has 168 valence electrons. The van der Waals surface area contributed by atoms with Gasteiger partial charge >= 0.3 is 0 Å². The number of amides is 1. The first-order valence-corrected chi connectivity index (χ1v) is 11.7. The van der Waals surface area contributed by atoms with Crippen molar-refractivity contribution in [3.05, 3.63) is 82.9 Å². The van der Waals surface area contributed by atoms with E-state index in [0.29, 0.717) is 28.2 Å². The average Bonchev–Trinajstić information content (AvgIpc) is 2.71. The molecule has 0 radical (unpaired) electrons. The SMILES string of the molecule is Cc1nc(-c2cccc(F)c2)ncc1C(=O)NCc1cccc(CS(=O)(=O)NC(C)C)c1. The zero-order valence-electron chi connectivity index (χ0n) is 18.1. The number of aryl methyl sites for hydroxylation is 1. The van der Waals surface area contributed by atoms with Crippen LogP contribution in [-0.2, 0) is 22.3 Å². The van der Waals surface area contributed by atoms with E-state index >= 15 is 0 Å². The van der Waals surface area contributed by atoms with E-state index in [-0.39, 0.29) is 30.1 Å². The largest absolute Gasteiger partial charge is 0.348 e. The van der Waals surface area contributed by atoms with Gasteiger partial charge in [0, 0.05) is 24.3 Å². The summed E-state index contributed by atoms with van der Waals surface area (Å²) in [5, 5.41) is 2.80. The monoisotopic (exact) mass is 456 g/mol. The fraction of sp³-hybridized carbons (Fsp3) is 0.261. The Morgan fingerprint density at radius 3 is 2.50 bits per heavy atom. The van der Waals surface area contributed by atoms with Gasteiger partial charge in [0.05, 0.1) is 17.0 Å². The van der Waals surface area contributed by atoms with E-state index < -0.39 is 10.0 Å². The van der Waals surface area contributed by atoms with Gasteiger partial charge in [-0.15, -0.1) is 0 Å². The van der Waals surface area contributed by atoms with E-state index in [0.717, 1.165) is 5.56 Å². The predicted octanol–water partition coefficient (Wildman–Crippen LogP) is 3.35. The highest BCUT2D eigenvalue weighted by Crippen LogP contribution is 2.17. The number of carbonyl (C=O) groups excluding carboxylic acids is 1. The Kier molecular flexibility index (Phi) is 7.32. The van der Waals surface area contributed by atoms with E-state index in [9.17, 15) is 17.6 Å². The number of nitrogens with zero attached hydrogens (tertiary/aromatic N) is 2. The highest BCUT2D eigenvalue weighted by atomic mass is 32.2. The summed E-state index contributed by atoms with van der Waals surface area (Å²) in [6.45, 7) is 5.43. The maximum absolute atomic E-state index is 13.4. The highest BCUT2D eigenvalue weighted by molar-refractivity contribution is 7.88. The minimum Gasteiger partial charge on any atom is -0.348 e. The smallest absolute Gasteiger partial charge is 0.254 e. The minimum atomic E-state index is -3.44. The lowest BCUT2D eigenvalue weighted by atomic mass is 10.1. The molecule has 1 amide bonds. The summed E-state index contributed by atoms with van der Waals surface area (Å²) in [5.74, 6) is -0.544. The molecule has 2 aromatic carbocycles. The number of aromatic nitrogens is 2. The van der Waals surface area contributed by atoms with Crippen LogP contribution in [0.25, 0.3) is 11.4 Å². The molecular weight excluding hydrogens is 431 g/mol. The summed E-state index contributed by atoms with van der Waals surface area (Å²) in [4.78, 5) is 21.1. The summed E-state index contributed by atoms with van der Waals surface area (Å²) < 4.78 is 40.3. The van der Waals surface area contributed by atoms with Crippen molar-refractivity contribution in [1.29, 1.82) is 0 Å². The number of benzene rings is 2. The van der Waals surface area contributed by atoms with Crippen molar-refractivity contribution in [2.75, 3.05) is 0 Å². The first-order chi connectivity index (χ1) is 15.1. The normalized spacial score (nSPS) is 11.5. The first-order valence-electron chi connectivity index (χ1n) is 10.1. The van der Waals surface area contributed by atoms with Crippen molar-refractivity contribution in [1.82, 2.24) is 20.0 Å². The van der Waals surface area contributed by atoms with Gasteiger partial charge in [0.25, 0.3) is 5.91 Å². The van der Waals surface area contributed by atoms with Crippen LogP contribution in [0.5, 0.6) is 0 Å². The van der Waals surface area contributed by atoms with E-state index in [1.54, 1.807) is 51.1 Å². The molecule has 2 N–H and O–H groups in total. The number of rotatable bonds is 8. The molecule has 0 fully saturated rings. The molecule has 0 saturated heterocycles. The zero-order valence-corrected chi connectivity index (χ0v) is 18.9. The van der Waals surface area contributed by atoms with E-state index in [2.05, 4.69) is 20.0 Å². The number of hydrogen-bond donors (Lipinski definition) is 2. The standard InChI is InChI=1S/C23H25FN4O3S/c1-15(2)28-32(30,31)14-18-7-4-6-17(10-18)12-26-23(29)21-13-25-22(27-16(21)3)19-8-5-9-20(24)11-19/h4-11,13,15,28H,12,14H2,1-3H3,(H,26,29). The molecule has 32 heavy (non-hydrogen) atoms. The Bertz CT molecular complexity index is 1230. The average molecular weight is 457 g/mol. The Labute approximate surface area is 187 Å². The molecular formula is C23H25FN4O3S. The summed E-state index contributed by atoms with van der Waals surface area (Å²) >= 11 is 0. The van der Waals surface area contributed by atoms with Gasteiger partial charge in [-0.1, -0.05) is 36.4 Å². The third-order valence-electron chi connectivity index (χ3n) is 4.52. The number of nitrogens with one attached hydrogen (secondary N) is 2. The van der Waals surface area contributed by atoms with Crippen LogP contribution in [0.1, 0.15) is 41.0 Å². The van der Waals surface area contributed by atoms with Crippen LogP contribution in [0.4, 0.5) is 4.39 Å². The maximum Gasteiger partial charge on any atom is 0.254 e. The van der Waals surface area contributed by atoms with Gasteiger partial charge in [0.1, 0.15) is 5.82 Å². The minimum absolute atomic E-state index is 0.137. The molecule has 0 bridgehead atoms. The Hall–Kier alpha value is -3.17. The molecule has 3 rings (SSSR count). The number of halogens is 1. The van der Waals surface area contributed by atoms with Gasteiger partial charge in [-0.3, -0.25) is 4.79 Å². The fourth-order valence-corrected chi connectivity index (χ4v) is 4.60. The summed E-state index contributed by atoms with van der Waals surface area (Å²) in [6.07, 6.45) is 1.42. The van der Waals surface area contributed by atoms with Crippen LogP contribution in [-0.4, -0.2) is 30.3 Å². The summed E-state index contributed by atoms with van der Waals surface area (Å²) in [6, 6.07) is 12.8. The van der Waals surface area contributed by atoms with Gasteiger partial charge in [-0.25, -0.2) is 27.5 Å². The molecule has 9 heteroatoms. The van der Waals surface area contributed by atoms with E-state index in [1.807, 2.05) is 6.07 Å². The molecule has 0 unspecified atom stereocenters. The lowest BCUT2D eigenvalue weighted by molar-refractivity contribution is 0.0949. The second-order valence-corrected chi connectivity index (χ2v) is 9.49. The third-order valence-corrected chi connectivity index (χ3v) is 6.07. The number of carbonyl (C=O) groups is 1. The van der Waals surface area contributed by atoms with Crippen LogP contribution in [0.2, 0.25) is 0 Å². The second-order valence-electron chi connectivity index (χ2n) is 7.74. The van der Waals surface area contributed by atoms with Crippen molar-refractivity contribution < 1.29 is 17.6 Å². The van der Waals surface area contributed by atoms with Crippen LogP contribution in [0, 0.1) is 12.7 Å². The maximum atomic E-state index is 13.4. The molecule has 0 atom stereocenters. The molecule has 3 aromatic rings. The highest BCUT2D eigenvalue weighted by Gasteiger charge is 2.15. The topological polar surface area (TPSA) is 101 Å². The Morgan fingerprint density at radius 2 is 1.81 bits per heavy atom. The molecule has 1 heterocycles. The van der Waals surface area contributed by atoms with E-state index in [4.69, 9.17) is 0 Å². The van der Waals surface area contributed by atoms with Gasteiger partial charge in [-0.2, -0.15) is 0 Å². The van der Waals surface area contributed by atoms with E-state index in [1.165, 1.54) is 18.3 Å². The zero-order chi connectivity index (χ0) is 23.3. The summed E-state index contributed by atoms with van der Waals surface area (Å²) in [5.41, 5.74) is 2.70. The van der Waals surface area contributed by atoms with Crippen LogP contribution < -0.4 is 10.0 Å². The molecule has 0 saturated carbocycles. The molecule has 0 aliphatic carbocycles. The predicted molar refractivity (Wildman–Crippen MR) is 121 cm³/mol. The molecule has 0 spiro atoms. The van der Waals surface area contributed by atoms with Gasteiger partial charge in [0.2, 0.25) is 10.0 Å². The molecule has 0 aliphatic rings. The Morgan fingerprint density at radius 1 is 1.09 bits per heavy atom. The Balaban J connectivity index is 1.67. The van der Waals surface area contributed by atoms with Crippen molar-refractivity contribution in [2.24, 2.45) is 0 Å². The van der Waals surface area contributed by atoms with Crippen molar-refractivity contribution >= 4 is 15.9 Å². The van der Waals surface area contributed by atoms with Gasteiger partial charge in [0.15, 0.2) is 5.82 Å². The lowest BCUT2D eigenvalue weighted by Gasteiger charge is -2.11. The van der Waals surface area contributed by atoms with Gasteiger partial charge < -0.3 is 5.32 Å². The lowest BCUT2D eigenvalue weighted by Crippen LogP contribution is -2.31. The molecule has 0 aliphatic heterocycles. The summed E-state index contributed by atoms with van der Waals surface area (Å²) in [7, 11) is -3.44. The van der Waals surface area contributed by atoms with Crippen molar-refractivity contribution in [3.8, 4) is 11.4 Å². The first kappa shape index (κ1) is 23.5. The third kappa shape index (κ3) is 6.41. The van der Waals surface area contributed by atoms with Gasteiger partial charge in [-0.05, 0) is 44.0 Å². The van der Waals surface area contributed by atoms with Crippen LogP contribution in [0.15, 0.2) is 54.7 Å². The number of sulfonamides is 1. The fourth-order valence-electron chi connectivity index (χ4n) is 3.18. The van der Waals surface area contributed by atoms with Crippen LogP contribution in [0.3, 0.4) is 0 Å². The van der Waals surface area contributed by atoms with Crippen molar-refractivity contribution in [2.45, 2.75) is 39.1 Å². The van der Waals surface area contributed by atoms with Crippen LogP contribution >= 0.6 is 0 Å². The molecule has 1 aromatic heterocycles.